The summed E-state index contributed by atoms with van der Waals surface area (Å²) in [5.74, 6) is 0. The van der Waals surface area contributed by atoms with Crippen LogP contribution in [0.4, 0.5) is 0 Å². The minimum Gasteiger partial charge on any atom is -0.395 e. The molecule has 0 aromatic rings. The molecule has 2 heteroatoms. The third kappa shape index (κ3) is 4.52. The van der Waals surface area contributed by atoms with Gasteiger partial charge in [-0.3, -0.25) is 0 Å². The largest absolute Gasteiger partial charge is 0.395 e. The van der Waals surface area contributed by atoms with Gasteiger partial charge in [0.2, 0.25) is 0 Å². The standard InChI is InChI=1S/C10H20O2/c1-4-10(3,9-11)7-6-8-12-5-2/h4,11H,1,5-9H2,2-3H3. The zero-order chi connectivity index (χ0) is 9.45. The molecule has 2 nitrogen and oxygen atoms in total. The maximum absolute atomic E-state index is 9.03. The van der Waals surface area contributed by atoms with Gasteiger partial charge in [0.25, 0.3) is 0 Å². The molecule has 0 aliphatic heterocycles. The molecule has 0 saturated heterocycles. The van der Waals surface area contributed by atoms with Gasteiger partial charge in [-0.15, -0.1) is 6.58 Å². The molecule has 0 fully saturated rings. The Balaban J connectivity index is 3.51. The van der Waals surface area contributed by atoms with Gasteiger partial charge >= 0.3 is 0 Å². The van der Waals surface area contributed by atoms with Crippen LogP contribution in [0.15, 0.2) is 12.7 Å². The Hall–Kier alpha value is -0.340. The Kier molecular flexibility index (Phi) is 6.03. The SMILES string of the molecule is C=CC(C)(CO)CCCOCC. The lowest BCUT2D eigenvalue weighted by molar-refractivity contribution is 0.120. The van der Waals surface area contributed by atoms with E-state index in [0.29, 0.717) is 0 Å². The first-order valence-electron chi connectivity index (χ1n) is 4.50. The molecule has 0 radical (unpaired) electrons. The highest BCUT2D eigenvalue weighted by atomic mass is 16.5. The fourth-order valence-electron chi connectivity index (χ4n) is 0.968. The minimum atomic E-state index is -0.128. The molecular formula is C10H20O2. The average molecular weight is 172 g/mol. The van der Waals surface area contributed by atoms with Crippen LogP contribution < -0.4 is 0 Å². The van der Waals surface area contributed by atoms with Crippen LogP contribution in [0.1, 0.15) is 26.7 Å². The molecule has 1 atom stereocenters. The summed E-state index contributed by atoms with van der Waals surface area (Å²) >= 11 is 0. The third-order valence-electron chi connectivity index (χ3n) is 2.09. The van der Waals surface area contributed by atoms with Gasteiger partial charge in [-0.05, 0) is 19.8 Å². The van der Waals surface area contributed by atoms with Gasteiger partial charge in [-0.1, -0.05) is 13.0 Å². The van der Waals surface area contributed by atoms with E-state index in [9.17, 15) is 0 Å². The van der Waals surface area contributed by atoms with E-state index in [1.807, 2.05) is 19.9 Å². The van der Waals surface area contributed by atoms with Gasteiger partial charge in [0, 0.05) is 18.6 Å². The van der Waals surface area contributed by atoms with Crippen molar-refractivity contribution in [2.24, 2.45) is 5.41 Å². The van der Waals surface area contributed by atoms with E-state index in [1.54, 1.807) is 0 Å². The van der Waals surface area contributed by atoms with Crippen molar-refractivity contribution in [2.45, 2.75) is 26.7 Å². The molecule has 0 rings (SSSR count). The molecule has 1 unspecified atom stereocenters. The van der Waals surface area contributed by atoms with Gasteiger partial charge in [-0.2, -0.15) is 0 Å². The van der Waals surface area contributed by atoms with E-state index < -0.39 is 0 Å². The summed E-state index contributed by atoms with van der Waals surface area (Å²) in [7, 11) is 0. The number of hydrogen-bond donors (Lipinski definition) is 1. The van der Waals surface area contributed by atoms with E-state index in [1.165, 1.54) is 0 Å². The van der Waals surface area contributed by atoms with Gasteiger partial charge in [0.15, 0.2) is 0 Å². The van der Waals surface area contributed by atoms with Crippen LogP contribution in [-0.2, 0) is 4.74 Å². The smallest absolute Gasteiger partial charge is 0.0519 e. The molecule has 0 spiro atoms. The molecule has 12 heavy (non-hydrogen) atoms. The summed E-state index contributed by atoms with van der Waals surface area (Å²) < 4.78 is 5.20. The summed E-state index contributed by atoms with van der Waals surface area (Å²) in [6.45, 7) is 9.41. The van der Waals surface area contributed by atoms with Gasteiger partial charge in [0.05, 0.1) is 6.61 Å². The third-order valence-corrected chi connectivity index (χ3v) is 2.09. The average Bonchev–Trinajstić information content (AvgIpc) is 2.12. The maximum atomic E-state index is 9.03. The second kappa shape index (κ2) is 6.21. The van der Waals surface area contributed by atoms with E-state index >= 15 is 0 Å². The van der Waals surface area contributed by atoms with Crippen molar-refractivity contribution in [3.8, 4) is 0 Å². The lowest BCUT2D eigenvalue weighted by Crippen LogP contribution is -2.18. The van der Waals surface area contributed by atoms with E-state index in [-0.39, 0.29) is 12.0 Å². The molecule has 0 aromatic heterocycles. The van der Waals surface area contributed by atoms with Crippen molar-refractivity contribution in [1.82, 2.24) is 0 Å². The Morgan fingerprint density at radius 1 is 1.58 bits per heavy atom. The summed E-state index contributed by atoms with van der Waals surface area (Å²) in [6.07, 6.45) is 3.74. The van der Waals surface area contributed by atoms with E-state index in [2.05, 4.69) is 6.58 Å². The highest BCUT2D eigenvalue weighted by Crippen LogP contribution is 2.23. The normalized spacial score (nSPS) is 15.6. The summed E-state index contributed by atoms with van der Waals surface area (Å²) in [6, 6.07) is 0. The van der Waals surface area contributed by atoms with Crippen LogP contribution in [-0.4, -0.2) is 24.9 Å². The summed E-state index contributed by atoms with van der Waals surface area (Å²) in [5.41, 5.74) is -0.128. The highest BCUT2D eigenvalue weighted by Gasteiger charge is 2.17. The molecule has 0 bridgehead atoms. The topological polar surface area (TPSA) is 29.5 Å². The predicted octanol–water partition coefficient (Wildman–Crippen LogP) is 1.99. The Labute approximate surface area is 75.2 Å². The maximum Gasteiger partial charge on any atom is 0.0519 e. The van der Waals surface area contributed by atoms with Crippen LogP contribution in [0.3, 0.4) is 0 Å². The van der Waals surface area contributed by atoms with Crippen LogP contribution in [0.25, 0.3) is 0 Å². The van der Waals surface area contributed by atoms with Crippen molar-refractivity contribution in [2.75, 3.05) is 19.8 Å². The molecule has 0 aromatic carbocycles. The summed E-state index contributed by atoms with van der Waals surface area (Å²) in [4.78, 5) is 0. The molecule has 0 aliphatic carbocycles. The molecule has 0 aliphatic rings. The van der Waals surface area contributed by atoms with Crippen molar-refractivity contribution < 1.29 is 9.84 Å². The van der Waals surface area contributed by atoms with Crippen LogP contribution >= 0.6 is 0 Å². The van der Waals surface area contributed by atoms with Gasteiger partial charge < -0.3 is 9.84 Å². The molecule has 0 heterocycles. The van der Waals surface area contributed by atoms with Gasteiger partial charge in [0.1, 0.15) is 0 Å². The number of aliphatic hydroxyl groups is 1. The van der Waals surface area contributed by atoms with E-state index in [4.69, 9.17) is 9.84 Å². The second-order valence-electron chi connectivity index (χ2n) is 3.32. The lowest BCUT2D eigenvalue weighted by atomic mass is 9.87. The zero-order valence-electron chi connectivity index (χ0n) is 8.18. The Morgan fingerprint density at radius 2 is 2.25 bits per heavy atom. The first-order chi connectivity index (χ1) is 5.68. The van der Waals surface area contributed by atoms with Crippen molar-refractivity contribution in [3.05, 3.63) is 12.7 Å². The molecule has 0 saturated carbocycles. The molecule has 0 amide bonds. The first kappa shape index (κ1) is 11.7. The Bertz CT molecular complexity index is 123. The quantitative estimate of drug-likeness (QED) is 0.470. The second-order valence-corrected chi connectivity index (χ2v) is 3.32. The van der Waals surface area contributed by atoms with Crippen LogP contribution in [0.5, 0.6) is 0 Å². The van der Waals surface area contributed by atoms with Gasteiger partial charge in [-0.25, -0.2) is 0 Å². The molecule has 1 N–H and O–H groups in total. The predicted molar refractivity (Wildman–Crippen MR) is 51.1 cm³/mol. The first-order valence-corrected chi connectivity index (χ1v) is 4.50. The van der Waals surface area contributed by atoms with Crippen molar-refractivity contribution in [1.29, 1.82) is 0 Å². The van der Waals surface area contributed by atoms with Crippen LogP contribution in [0.2, 0.25) is 0 Å². The zero-order valence-corrected chi connectivity index (χ0v) is 8.18. The van der Waals surface area contributed by atoms with Crippen molar-refractivity contribution >= 4 is 0 Å². The number of aliphatic hydroxyl groups excluding tert-OH is 1. The van der Waals surface area contributed by atoms with Crippen LogP contribution in [0, 0.1) is 5.41 Å². The number of ether oxygens (including phenoxy) is 1. The highest BCUT2D eigenvalue weighted by molar-refractivity contribution is 4.90. The lowest BCUT2D eigenvalue weighted by Gasteiger charge is -2.22. The molecular weight excluding hydrogens is 152 g/mol. The monoisotopic (exact) mass is 172 g/mol. The fourth-order valence-corrected chi connectivity index (χ4v) is 0.968. The molecule has 72 valence electrons. The van der Waals surface area contributed by atoms with Crippen molar-refractivity contribution in [3.63, 3.8) is 0 Å². The van der Waals surface area contributed by atoms with E-state index in [0.717, 1.165) is 26.1 Å². The number of hydrogen-bond acceptors (Lipinski definition) is 2. The number of rotatable bonds is 7. The fraction of sp³-hybridized carbons (Fsp3) is 0.800. The summed E-state index contributed by atoms with van der Waals surface area (Å²) in [5, 5.41) is 9.03. The minimum absolute atomic E-state index is 0.128. The Morgan fingerprint density at radius 3 is 2.67 bits per heavy atom.